The van der Waals surface area contributed by atoms with E-state index in [1.807, 2.05) is 6.92 Å². The largest absolute Gasteiger partial charge is 0.382 e. The third kappa shape index (κ3) is 3.92. The number of aryl methyl sites for hydroxylation is 1. The first-order valence-electron chi connectivity index (χ1n) is 8.63. The molecule has 1 heterocycles. The highest BCUT2D eigenvalue weighted by molar-refractivity contribution is 6.08. The monoisotopic (exact) mass is 346 g/mol. The topological polar surface area (TPSA) is 26.2 Å². The van der Waals surface area contributed by atoms with Crippen LogP contribution in [0.5, 0.6) is 0 Å². The molecule has 0 radical (unpaired) electrons. The predicted molar refractivity (Wildman–Crippen MR) is 105 cm³/mol. The standard InChI is InChI=1S/C20H26N2O.ClH/c1-3-22-19-9-6-5-8-17(19)18-14-16(10-11-20(18)22)15-21-12-7-13-23-4-2;/h5-6,8-11,14,21H,3-4,7,12-13,15H2,1-2H3;1H. The molecule has 0 saturated carbocycles. The van der Waals surface area contributed by atoms with Gasteiger partial charge in [-0.2, -0.15) is 0 Å². The normalized spacial score (nSPS) is 11.1. The van der Waals surface area contributed by atoms with Gasteiger partial charge < -0.3 is 14.6 Å². The molecule has 24 heavy (non-hydrogen) atoms. The summed E-state index contributed by atoms with van der Waals surface area (Å²) < 4.78 is 7.76. The maximum Gasteiger partial charge on any atom is 0.0491 e. The van der Waals surface area contributed by atoms with Crippen molar-refractivity contribution in [1.82, 2.24) is 9.88 Å². The Morgan fingerprint density at radius 2 is 1.79 bits per heavy atom. The van der Waals surface area contributed by atoms with Crippen molar-refractivity contribution in [3.8, 4) is 0 Å². The van der Waals surface area contributed by atoms with Crippen LogP contribution in [0.4, 0.5) is 0 Å². The van der Waals surface area contributed by atoms with Crippen molar-refractivity contribution >= 4 is 34.2 Å². The van der Waals surface area contributed by atoms with Crippen LogP contribution in [-0.2, 0) is 17.8 Å². The maximum atomic E-state index is 5.36. The Labute approximate surface area is 150 Å². The summed E-state index contributed by atoms with van der Waals surface area (Å²) in [6.45, 7) is 8.79. The second kappa shape index (κ2) is 9.07. The summed E-state index contributed by atoms with van der Waals surface area (Å²) in [6.07, 6.45) is 1.06. The average molecular weight is 347 g/mol. The lowest BCUT2D eigenvalue weighted by molar-refractivity contribution is 0.144. The lowest BCUT2D eigenvalue weighted by Crippen LogP contribution is -2.16. The molecule has 3 rings (SSSR count). The zero-order chi connectivity index (χ0) is 16.1. The minimum Gasteiger partial charge on any atom is -0.382 e. The van der Waals surface area contributed by atoms with E-state index in [1.165, 1.54) is 27.4 Å². The zero-order valence-corrected chi connectivity index (χ0v) is 15.4. The molecular formula is C20H27ClN2O. The third-order valence-electron chi connectivity index (χ3n) is 4.33. The summed E-state index contributed by atoms with van der Waals surface area (Å²) in [4.78, 5) is 0. The van der Waals surface area contributed by atoms with Crippen molar-refractivity contribution in [3.05, 3.63) is 48.0 Å². The first kappa shape index (κ1) is 18.8. The number of aromatic nitrogens is 1. The number of fused-ring (bicyclic) bond motifs is 3. The van der Waals surface area contributed by atoms with E-state index in [2.05, 4.69) is 59.3 Å². The number of nitrogens with one attached hydrogen (secondary N) is 1. The molecule has 0 bridgehead atoms. The molecule has 0 unspecified atom stereocenters. The van der Waals surface area contributed by atoms with Gasteiger partial charge in [-0.15, -0.1) is 12.4 Å². The number of ether oxygens (including phenoxy) is 1. The Morgan fingerprint density at radius 1 is 1.00 bits per heavy atom. The van der Waals surface area contributed by atoms with Gasteiger partial charge in [-0.1, -0.05) is 24.3 Å². The number of benzene rings is 2. The van der Waals surface area contributed by atoms with Crippen LogP contribution in [0.15, 0.2) is 42.5 Å². The van der Waals surface area contributed by atoms with E-state index in [0.29, 0.717) is 0 Å². The first-order chi connectivity index (χ1) is 11.3. The van der Waals surface area contributed by atoms with Gasteiger partial charge in [0.05, 0.1) is 0 Å². The van der Waals surface area contributed by atoms with E-state index < -0.39 is 0 Å². The lowest BCUT2D eigenvalue weighted by Gasteiger charge is -2.06. The predicted octanol–water partition coefficient (Wildman–Crippen LogP) is 4.75. The Kier molecular flexibility index (Phi) is 7.10. The van der Waals surface area contributed by atoms with E-state index in [1.54, 1.807) is 0 Å². The van der Waals surface area contributed by atoms with E-state index in [-0.39, 0.29) is 12.4 Å². The van der Waals surface area contributed by atoms with Crippen LogP contribution in [0.25, 0.3) is 21.8 Å². The number of hydrogen-bond acceptors (Lipinski definition) is 2. The van der Waals surface area contributed by atoms with E-state index in [4.69, 9.17) is 4.74 Å². The molecule has 3 nitrogen and oxygen atoms in total. The van der Waals surface area contributed by atoms with Crippen molar-refractivity contribution in [2.24, 2.45) is 0 Å². The molecule has 0 amide bonds. The fourth-order valence-electron chi connectivity index (χ4n) is 3.23. The molecule has 3 aromatic rings. The lowest BCUT2D eigenvalue weighted by atomic mass is 10.1. The quantitative estimate of drug-likeness (QED) is 0.595. The molecule has 2 aromatic carbocycles. The number of para-hydroxylation sites is 1. The van der Waals surface area contributed by atoms with Crippen molar-refractivity contribution in [2.45, 2.75) is 33.4 Å². The van der Waals surface area contributed by atoms with E-state index in [0.717, 1.165) is 39.3 Å². The van der Waals surface area contributed by atoms with E-state index >= 15 is 0 Å². The highest BCUT2D eigenvalue weighted by Crippen LogP contribution is 2.29. The van der Waals surface area contributed by atoms with Crippen molar-refractivity contribution in [1.29, 1.82) is 0 Å². The Balaban J connectivity index is 0.00000208. The van der Waals surface area contributed by atoms with Crippen LogP contribution in [0, 0.1) is 0 Å². The molecular weight excluding hydrogens is 320 g/mol. The molecule has 0 atom stereocenters. The molecule has 0 aliphatic carbocycles. The molecule has 0 spiro atoms. The SMILES string of the molecule is CCOCCCNCc1ccc2c(c1)c1ccccc1n2CC.Cl. The van der Waals surface area contributed by atoms with Crippen LogP contribution in [0.1, 0.15) is 25.8 Å². The third-order valence-corrected chi connectivity index (χ3v) is 4.33. The van der Waals surface area contributed by atoms with Gasteiger partial charge in [0.25, 0.3) is 0 Å². The van der Waals surface area contributed by atoms with E-state index in [9.17, 15) is 0 Å². The molecule has 1 aromatic heterocycles. The first-order valence-corrected chi connectivity index (χ1v) is 8.63. The highest BCUT2D eigenvalue weighted by Gasteiger charge is 2.09. The molecule has 4 heteroatoms. The van der Waals surface area contributed by atoms with Crippen LogP contribution < -0.4 is 5.32 Å². The van der Waals surface area contributed by atoms with Gasteiger partial charge in [-0.05, 0) is 50.6 Å². The molecule has 130 valence electrons. The minimum absolute atomic E-state index is 0. The summed E-state index contributed by atoms with van der Waals surface area (Å²) in [5, 5.41) is 6.21. The van der Waals surface area contributed by atoms with Gasteiger partial charge in [-0.3, -0.25) is 0 Å². The molecule has 0 saturated heterocycles. The Bertz CT molecular complexity index is 782. The summed E-state index contributed by atoms with van der Waals surface area (Å²) in [5.74, 6) is 0. The Hall–Kier alpha value is -1.55. The highest BCUT2D eigenvalue weighted by atomic mass is 35.5. The summed E-state index contributed by atoms with van der Waals surface area (Å²) >= 11 is 0. The number of halogens is 1. The number of nitrogens with zero attached hydrogens (tertiary/aromatic N) is 1. The van der Waals surface area contributed by atoms with Crippen molar-refractivity contribution in [2.75, 3.05) is 19.8 Å². The van der Waals surface area contributed by atoms with Gasteiger partial charge in [0.15, 0.2) is 0 Å². The fourth-order valence-corrected chi connectivity index (χ4v) is 3.23. The average Bonchev–Trinajstić information content (AvgIpc) is 2.91. The van der Waals surface area contributed by atoms with Gasteiger partial charge >= 0.3 is 0 Å². The fraction of sp³-hybridized carbons (Fsp3) is 0.400. The second-order valence-corrected chi connectivity index (χ2v) is 5.84. The maximum absolute atomic E-state index is 5.36. The zero-order valence-electron chi connectivity index (χ0n) is 14.5. The smallest absolute Gasteiger partial charge is 0.0491 e. The van der Waals surface area contributed by atoms with Gasteiger partial charge in [0.1, 0.15) is 0 Å². The molecule has 1 N–H and O–H groups in total. The number of hydrogen-bond donors (Lipinski definition) is 1. The number of rotatable bonds is 8. The van der Waals surface area contributed by atoms with Crippen molar-refractivity contribution in [3.63, 3.8) is 0 Å². The summed E-state index contributed by atoms with van der Waals surface area (Å²) in [5.41, 5.74) is 3.99. The van der Waals surface area contributed by atoms with Crippen LogP contribution in [0.2, 0.25) is 0 Å². The van der Waals surface area contributed by atoms with Gasteiger partial charge in [0.2, 0.25) is 0 Å². The molecule has 0 aliphatic rings. The molecule has 0 aliphatic heterocycles. The van der Waals surface area contributed by atoms with Crippen LogP contribution in [-0.4, -0.2) is 24.3 Å². The van der Waals surface area contributed by atoms with Gasteiger partial charge in [0, 0.05) is 48.1 Å². The summed E-state index contributed by atoms with van der Waals surface area (Å²) in [6, 6.07) is 15.5. The molecule has 0 fully saturated rings. The van der Waals surface area contributed by atoms with Crippen LogP contribution in [0.3, 0.4) is 0 Å². The van der Waals surface area contributed by atoms with Crippen LogP contribution >= 0.6 is 12.4 Å². The second-order valence-electron chi connectivity index (χ2n) is 5.84. The van der Waals surface area contributed by atoms with Crippen molar-refractivity contribution < 1.29 is 4.74 Å². The van der Waals surface area contributed by atoms with Gasteiger partial charge in [-0.25, -0.2) is 0 Å². The Morgan fingerprint density at radius 3 is 2.58 bits per heavy atom. The summed E-state index contributed by atoms with van der Waals surface area (Å²) in [7, 11) is 0. The minimum atomic E-state index is 0.